The molecule has 152 valence electrons. The van der Waals surface area contributed by atoms with Crippen LogP contribution in [0.15, 0.2) is 42.5 Å². The summed E-state index contributed by atoms with van der Waals surface area (Å²) in [5.74, 6) is 1.02. The zero-order chi connectivity index (χ0) is 20.1. The van der Waals surface area contributed by atoms with Gasteiger partial charge in [-0.25, -0.2) is 0 Å². The van der Waals surface area contributed by atoms with Crippen molar-refractivity contribution in [2.75, 3.05) is 27.2 Å². The maximum Gasteiger partial charge on any atom is 0.394 e. The van der Waals surface area contributed by atoms with Gasteiger partial charge in [-0.2, -0.15) is 8.42 Å². The monoisotopic (exact) mass is 397 g/mol. The third kappa shape index (κ3) is 12.4. The molecule has 2 aromatic carbocycles. The van der Waals surface area contributed by atoms with Crippen molar-refractivity contribution in [3.05, 3.63) is 42.5 Å². The first-order valence-electron chi connectivity index (χ1n) is 9.22. The molecular weight excluding hydrogens is 366 g/mol. The molecule has 0 aliphatic carbocycles. The van der Waals surface area contributed by atoms with E-state index in [9.17, 15) is 0 Å². The van der Waals surface area contributed by atoms with Crippen molar-refractivity contribution in [2.45, 2.75) is 38.5 Å². The van der Waals surface area contributed by atoms with E-state index in [1.54, 1.807) is 0 Å². The average Bonchev–Trinajstić information content (AvgIpc) is 2.58. The highest BCUT2D eigenvalue weighted by Gasteiger charge is 2.00. The fourth-order valence-corrected chi connectivity index (χ4v) is 2.74. The minimum absolute atomic E-state index is 0.825. The fourth-order valence-electron chi connectivity index (χ4n) is 2.74. The van der Waals surface area contributed by atoms with Gasteiger partial charge in [0.2, 0.25) is 0 Å². The first-order chi connectivity index (χ1) is 12.8. The third-order valence-corrected chi connectivity index (χ3v) is 4.01. The molecule has 0 saturated carbocycles. The molecule has 0 radical (unpaired) electrons. The number of fused-ring (bicyclic) bond motifs is 1. The summed E-state index contributed by atoms with van der Waals surface area (Å²) in [4.78, 5) is 2.26. The van der Waals surface area contributed by atoms with Gasteiger partial charge in [-0.1, -0.05) is 62.1 Å². The van der Waals surface area contributed by atoms with Gasteiger partial charge in [-0.05, 0) is 44.9 Å². The van der Waals surface area contributed by atoms with Crippen LogP contribution in [-0.4, -0.2) is 49.7 Å². The molecule has 0 amide bonds. The highest BCUT2D eigenvalue weighted by molar-refractivity contribution is 7.79. The summed E-state index contributed by atoms with van der Waals surface area (Å²) in [6, 6.07) is 14.7. The van der Waals surface area contributed by atoms with Crippen molar-refractivity contribution in [3.63, 3.8) is 0 Å². The van der Waals surface area contributed by atoms with Gasteiger partial charge < -0.3 is 9.64 Å². The molecule has 0 spiro atoms. The summed E-state index contributed by atoms with van der Waals surface area (Å²) in [5, 5.41) is 2.47. The Labute approximate surface area is 162 Å². The van der Waals surface area contributed by atoms with Gasteiger partial charge in [0, 0.05) is 5.39 Å². The molecule has 2 aromatic rings. The molecule has 27 heavy (non-hydrogen) atoms. The van der Waals surface area contributed by atoms with Crippen molar-refractivity contribution in [2.24, 2.45) is 0 Å². The van der Waals surface area contributed by atoms with Crippen LogP contribution in [0.5, 0.6) is 5.75 Å². The number of unbranched alkanes of at least 4 members (excludes halogenated alkanes) is 5. The summed E-state index contributed by atoms with van der Waals surface area (Å²) in [5.41, 5.74) is 0. The summed E-state index contributed by atoms with van der Waals surface area (Å²) in [6.45, 7) is 2.04. The molecule has 0 bridgehead atoms. The highest BCUT2D eigenvalue weighted by atomic mass is 32.3. The maximum absolute atomic E-state index is 8.74. The topological polar surface area (TPSA) is 87.1 Å². The fraction of sp³-hybridized carbons (Fsp3) is 0.500. The SMILES string of the molecule is CN(C)CCCCCCCCOc1cccc2ccccc12.O=S(=O)(O)O. The van der Waals surface area contributed by atoms with E-state index in [2.05, 4.69) is 61.5 Å². The molecule has 0 aliphatic heterocycles. The van der Waals surface area contributed by atoms with Gasteiger partial charge in [0.25, 0.3) is 0 Å². The van der Waals surface area contributed by atoms with Crippen LogP contribution in [0, 0.1) is 0 Å². The van der Waals surface area contributed by atoms with Gasteiger partial charge in [0.15, 0.2) is 0 Å². The Balaban J connectivity index is 0.000000646. The number of nitrogens with zero attached hydrogens (tertiary/aromatic N) is 1. The Hall–Kier alpha value is -1.67. The molecule has 2 N–H and O–H groups in total. The zero-order valence-corrected chi connectivity index (χ0v) is 17.0. The zero-order valence-electron chi connectivity index (χ0n) is 16.2. The first-order valence-corrected chi connectivity index (χ1v) is 10.6. The summed E-state index contributed by atoms with van der Waals surface area (Å²) >= 11 is 0. The third-order valence-electron chi connectivity index (χ3n) is 4.01. The lowest BCUT2D eigenvalue weighted by Gasteiger charge is -2.10. The molecule has 0 aromatic heterocycles. The minimum atomic E-state index is -4.67. The van der Waals surface area contributed by atoms with E-state index in [4.69, 9.17) is 22.3 Å². The number of hydrogen-bond acceptors (Lipinski definition) is 4. The molecule has 7 heteroatoms. The van der Waals surface area contributed by atoms with E-state index in [-0.39, 0.29) is 0 Å². The smallest absolute Gasteiger partial charge is 0.394 e. The van der Waals surface area contributed by atoms with Crippen LogP contribution in [0.4, 0.5) is 0 Å². The lowest BCUT2D eigenvalue weighted by molar-refractivity contribution is 0.307. The van der Waals surface area contributed by atoms with Crippen molar-refractivity contribution in [3.8, 4) is 5.75 Å². The van der Waals surface area contributed by atoms with Crippen LogP contribution < -0.4 is 4.74 Å². The van der Waals surface area contributed by atoms with Crippen molar-refractivity contribution in [1.29, 1.82) is 0 Å². The molecule has 0 aliphatic rings. The molecular formula is C20H31NO5S. The Morgan fingerprint density at radius 1 is 0.852 bits per heavy atom. The van der Waals surface area contributed by atoms with Gasteiger partial charge in [-0.15, -0.1) is 0 Å². The molecule has 0 unspecified atom stereocenters. The van der Waals surface area contributed by atoms with Gasteiger partial charge in [0.1, 0.15) is 5.75 Å². The largest absolute Gasteiger partial charge is 0.493 e. The molecule has 0 fully saturated rings. The average molecular weight is 398 g/mol. The Morgan fingerprint density at radius 3 is 2.07 bits per heavy atom. The lowest BCUT2D eigenvalue weighted by atomic mass is 10.1. The van der Waals surface area contributed by atoms with Gasteiger partial charge in [0.05, 0.1) is 6.61 Å². The Morgan fingerprint density at radius 2 is 1.41 bits per heavy atom. The van der Waals surface area contributed by atoms with E-state index >= 15 is 0 Å². The number of ether oxygens (including phenoxy) is 1. The molecule has 6 nitrogen and oxygen atoms in total. The molecule has 0 atom stereocenters. The summed E-state index contributed by atoms with van der Waals surface area (Å²) in [7, 11) is -0.380. The molecule has 2 rings (SSSR count). The van der Waals surface area contributed by atoms with Crippen LogP contribution in [0.25, 0.3) is 10.8 Å². The van der Waals surface area contributed by atoms with Crippen LogP contribution in [0.3, 0.4) is 0 Å². The Bertz CT molecular complexity index is 749. The van der Waals surface area contributed by atoms with E-state index in [1.165, 1.54) is 49.4 Å². The predicted octanol–water partition coefficient (Wildman–Crippen LogP) is 4.47. The van der Waals surface area contributed by atoms with Crippen LogP contribution in [-0.2, 0) is 10.4 Å². The molecule has 0 heterocycles. The molecule has 0 saturated heterocycles. The van der Waals surface area contributed by atoms with Gasteiger partial charge in [-0.3, -0.25) is 9.11 Å². The highest BCUT2D eigenvalue weighted by Crippen LogP contribution is 2.25. The second-order valence-electron chi connectivity index (χ2n) is 6.70. The van der Waals surface area contributed by atoms with Crippen LogP contribution in [0.2, 0.25) is 0 Å². The van der Waals surface area contributed by atoms with Crippen molar-refractivity contribution < 1.29 is 22.3 Å². The van der Waals surface area contributed by atoms with E-state index in [0.717, 1.165) is 18.8 Å². The number of hydrogen-bond donors (Lipinski definition) is 2. The van der Waals surface area contributed by atoms with E-state index < -0.39 is 10.4 Å². The maximum atomic E-state index is 8.74. The second kappa shape index (κ2) is 12.7. The van der Waals surface area contributed by atoms with E-state index in [1.807, 2.05) is 0 Å². The summed E-state index contributed by atoms with van der Waals surface area (Å²) < 4.78 is 37.6. The lowest BCUT2D eigenvalue weighted by Crippen LogP contribution is -2.12. The second-order valence-corrected chi connectivity index (χ2v) is 7.59. The van der Waals surface area contributed by atoms with Crippen LogP contribution >= 0.6 is 0 Å². The Kier molecular flexibility index (Phi) is 11.0. The first kappa shape index (κ1) is 23.4. The minimum Gasteiger partial charge on any atom is -0.493 e. The number of benzene rings is 2. The van der Waals surface area contributed by atoms with Crippen LogP contribution in [0.1, 0.15) is 38.5 Å². The van der Waals surface area contributed by atoms with Crippen molar-refractivity contribution in [1.82, 2.24) is 4.90 Å². The van der Waals surface area contributed by atoms with Gasteiger partial charge >= 0.3 is 10.4 Å². The predicted molar refractivity (Wildman–Crippen MR) is 110 cm³/mol. The quantitative estimate of drug-likeness (QED) is 0.454. The van der Waals surface area contributed by atoms with Crippen molar-refractivity contribution >= 4 is 21.2 Å². The normalized spacial score (nSPS) is 11.3. The van der Waals surface area contributed by atoms with E-state index in [0.29, 0.717) is 0 Å². The summed E-state index contributed by atoms with van der Waals surface area (Å²) in [6.07, 6.45) is 7.76. The number of rotatable bonds is 10. The standard InChI is InChI=1S/C20H29NO.H2O4S/c1-21(2)16-9-5-3-4-6-10-17-22-20-15-11-13-18-12-7-8-14-19(18)20;1-5(2,3)4/h7-8,11-15H,3-6,9-10,16-17H2,1-2H3;(H2,1,2,3,4).